The summed E-state index contributed by atoms with van der Waals surface area (Å²) in [5, 5.41) is 2.42. The Kier molecular flexibility index (Phi) is 6.18. The van der Waals surface area contributed by atoms with Gasteiger partial charge in [0.05, 0.1) is 18.7 Å². The minimum Gasteiger partial charge on any atom is -0.495 e. The van der Waals surface area contributed by atoms with Crippen LogP contribution in [0.1, 0.15) is 18.4 Å². The average Bonchev–Trinajstić information content (AvgIpc) is 2.70. The molecule has 1 N–H and O–H groups in total. The van der Waals surface area contributed by atoms with Gasteiger partial charge in [-0.3, -0.25) is 4.79 Å². The number of rotatable bonds is 5. The molecule has 0 saturated carbocycles. The summed E-state index contributed by atoms with van der Waals surface area (Å²) in [6.07, 6.45) is 0.947. The van der Waals surface area contributed by atoms with Crippen molar-refractivity contribution >= 4 is 21.6 Å². The number of aryl methyl sites for hydroxylation is 1. The smallest absolute Gasteiger partial charge is 0.246 e. The van der Waals surface area contributed by atoms with Crippen molar-refractivity contribution in [2.24, 2.45) is 5.92 Å². The van der Waals surface area contributed by atoms with Gasteiger partial charge in [-0.05, 0) is 49.6 Å². The Morgan fingerprint density at radius 3 is 2.66 bits per heavy atom. The lowest BCUT2D eigenvalue weighted by Gasteiger charge is -2.31. The van der Waals surface area contributed by atoms with Crippen LogP contribution in [0, 0.1) is 24.5 Å². The predicted molar refractivity (Wildman–Crippen MR) is 104 cm³/mol. The van der Waals surface area contributed by atoms with E-state index in [2.05, 4.69) is 5.32 Å². The molecule has 1 aliphatic heterocycles. The number of anilines is 1. The van der Waals surface area contributed by atoms with Crippen LogP contribution in [0.4, 0.5) is 14.5 Å². The Morgan fingerprint density at radius 1 is 1.21 bits per heavy atom. The molecule has 2 aromatic carbocycles. The van der Waals surface area contributed by atoms with Crippen LogP contribution in [0.15, 0.2) is 41.3 Å². The predicted octanol–water partition coefficient (Wildman–Crippen LogP) is 3.32. The van der Waals surface area contributed by atoms with Gasteiger partial charge in [-0.2, -0.15) is 4.31 Å². The van der Waals surface area contributed by atoms with Crippen LogP contribution >= 0.6 is 0 Å². The van der Waals surface area contributed by atoms with Gasteiger partial charge >= 0.3 is 0 Å². The second kappa shape index (κ2) is 8.46. The molecule has 2 aromatic rings. The maximum atomic E-state index is 13.8. The van der Waals surface area contributed by atoms with E-state index in [9.17, 15) is 22.0 Å². The third kappa shape index (κ3) is 4.56. The zero-order valence-electron chi connectivity index (χ0n) is 16.1. The van der Waals surface area contributed by atoms with Gasteiger partial charge in [-0.15, -0.1) is 0 Å². The van der Waals surface area contributed by atoms with Crippen LogP contribution in [0.25, 0.3) is 0 Å². The van der Waals surface area contributed by atoms with E-state index < -0.39 is 33.5 Å². The van der Waals surface area contributed by atoms with Crippen LogP contribution in [0.5, 0.6) is 5.75 Å². The Bertz CT molecular complexity index is 1030. The van der Waals surface area contributed by atoms with Gasteiger partial charge in [0, 0.05) is 19.2 Å². The number of ether oxygens (including phenoxy) is 1. The van der Waals surface area contributed by atoms with Crippen LogP contribution in [0.2, 0.25) is 0 Å². The van der Waals surface area contributed by atoms with E-state index in [-0.39, 0.29) is 29.4 Å². The lowest BCUT2D eigenvalue weighted by atomic mass is 9.98. The van der Waals surface area contributed by atoms with Gasteiger partial charge in [-0.1, -0.05) is 6.07 Å². The highest BCUT2D eigenvalue weighted by Gasteiger charge is 2.35. The van der Waals surface area contributed by atoms with Crippen molar-refractivity contribution in [1.29, 1.82) is 0 Å². The van der Waals surface area contributed by atoms with Crippen molar-refractivity contribution in [2.45, 2.75) is 24.7 Å². The van der Waals surface area contributed by atoms with E-state index in [1.807, 2.05) is 0 Å². The highest BCUT2D eigenvalue weighted by molar-refractivity contribution is 7.89. The van der Waals surface area contributed by atoms with E-state index in [1.54, 1.807) is 19.1 Å². The van der Waals surface area contributed by atoms with Gasteiger partial charge < -0.3 is 10.1 Å². The SMILES string of the molecule is COc1ccc(C)cc1S(=O)(=O)N1CCC[C@H](C(=O)Nc2ccc(F)cc2F)C1. The molecule has 29 heavy (non-hydrogen) atoms. The first-order valence-corrected chi connectivity index (χ1v) is 10.6. The zero-order chi connectivity index (χ0) is 21.2. The summed E-state index contributed by atoms with van der Waals surface area (Å²) in [6.45, 7) is 2.02. The summed E-state index contributed by atoms with van der Waals surface area (Å²) < 4.78 is 59.6. The minimum absolute atomic E-state index is 0.0337. The summed E-state index contributed by atoms with van der Waals surface area (Å²) in [7, 11) is -2.48. The fourth-order valence-corrected chi connectivity index (χ4v) is 5.09. The van der Waals surface area contributed by atoms with E-state index in [0.717, 1.165) is 17.7 Å². The topological polar surface area (TPSA) is 75.7 Å². The van der Waals surface area contributed by atoms with Gasteiger partial charge in [-0.25, -0.2) is 17.2 Å². The van der Waals surface area contributed by atoms with E-state index in [0.29, 0.717) is 18.9 Å². The first-order valence-electron chi connectivity index (χ1n) is 9.13. The molecule has 156 valence electrons. The number of methoxy groups -OCH3 is 1. The fourth-order valence-electron chi connectivity index (χ4n) is 3.32. The molecular formula is C20H22F2N2O4S. The second-order valence-electron chi connectivity index (χ2n) is 6.97. The van der Waals surface area contributed by atoms with Crippen LogP contribution in [0.3, 0.4) is 0 Å². The van der Waals surface area contributed by atoms with Crippen molar-refractivity contribution in [1.82, 2.24) is 4.31 Å². The van der Waals surface area contributed by atoms with Crippen LogP contribution in [-0.2, 0) is 14.8 Å². The van der Waals surface area contributed by atoms with Crippen molar-refractivity contribution < 1.29 is 26.7 Å². The monoisotopic (exact) mass is 424 g/mol. The second-order valence-corrected chi connectivity index (χ2v) is 8.88. The molecular weight excluding hydrogens is 402 g/mol. The average molecular weight is 424 g/mol. The Morgan fingerprint density at radius 2 is 1.97 bits per heavy atom. The maximum absolute atomic E-state index is 13.8. The van der Waals surface area contributed by atoms with Crippen molar-refractivity contribution in [3.05, 3.63) is 53.6 Å². The Labute approximate surface area is 168 Å². The molecule has 3 rings (SSSR count). The molecule has 1 fully saturated rings. The number of carbonyl (C=O) groups is 1. The number of piperidine rings is 1. The third-order valence-electron chi connectivity index (χ3n) is 4.88. The maximum Gasteiger partial charge on any atom is 0.246 e. The molecule has 0 bridgehead atoms. The standard InChI is InChI=1S/C20H22F2N2O4S/c1-13-5-8-18(28-2)19(10-13)29(26,27)24-9-3-4-14(12-24)20(25)23-17-7-6-15(21)11-16(17)22/h5-8,10-11,14H,3-4,9,12H2,1-2H3,(H,23,25)/t14-/m0/s1. The molecule has 0 radical (unpaired) electrons. The number of carbonyl (C=O) groups excluding carboxylic acids is 1. The number of hydrogen-bond donors (Lipinski definition) is 1. The van der Waals surface area contributed by atoms with Crippen LogP contribution < -0.4 is 10.1 Å². The number of nitrogens with one attached hydrogen (secondary N) is 1. The number of nitrogens with zero attached hydrogens (tertiary/aromatic N) is 1. The number of benzene rings is 2. The third-order valence-corrected chi connectivity index (χ3v) is 6.77. The Balaban J connectivity index is 1.79. The first-order chi connectivity index (χ1) is 13.7. The van der Waals surface area contributed by atoms with E-state index in [4.69, 9.17) is 4.74 Å². The molecule has 9 heteroatoms. The molecule has 0 unspecified atom stereocenters. The number of amides is 1. The summed E-state index contributed by atoms with van der Waals surface area (Å²) in [4.78, 5) is 12.6. The van der Waals surface area contributed by atoms with Gasteiger partial charge in [0.1, 0.15) is 22.3 Å². The largest absolute Gasteiger partial charge is 0.495 e. The van der Waals surface area contributed by atoms with Crippen molar-refractivity contribution in [2.75, 3.05) is 25.5 Å². The van der Waals surface area contributed by atoms with Gasteiger partial charge in [0.2, 0.25) is 15.9 Å². The van der Waals surface area contributed by atoms with Gasteiger partial charge in [0.25, 0.3) is 0 Å². The quantitative estimate of drug-likeness (QED) is 0.799. The molecule has 0 aliphatic carbocycles. The minimum atomic E-state index is -3.88. The lowest BCUT2D eigenvalue weighted by molar-refractivity contribution is -0.120. The zero-order valence-corrected chi connectivity index (χ0v) is 16.9. The highest BCUT2D eigenvalue weighted by Crippen LogP contribution is 2.31. The molecule has 0 spiro atoms. The van der Waals surface area contributed by atoms with Crippen molar-refractivity contribution in [3.63, 3.8) is 0 Å². The van der Waals surface area contributed by atoms with Gasteiger partial charge in [0.15, 0.2) is 0 Å². The fraction of sp³-hybridized carbons (Fsp3) is 0.350. The Hall–Kier alpha value is -2.52. The number of hydrogen-bond acceptors (Lipinski definition) is 4. The molecule has 1 amide bonds. The van der Waals surface area contributed by atoms with Crippen LogP contribution in [-0.4, -0.2) is 38.8 Å². The summed E-state index contributed by atoms with van der Waals surface area (Å²) >= 11 is 0. The lowest BCUT2D eigenvalue weighted by Crippen LogP contribution is -2.43. The first kappa shape index (κ1) is 21.2. The van der Waals surface area contributed by atoms with E-state index >= 15 is 0 Å². The summed E-state index contributed by atoms with van der Waals surface area (Å²) in [5.74, 6) is -2.56. The molecule has 1 atom stereocenters. The highest BCUT2D eigenvalue weighted by atomic mass is 32.2. The normalized spacial score (nSPS) is 17.7. The van der Waals surface area contributed by atoms with E-state index in [1.165, 1.54) is 17.5 Å². The summed E-state index contributed by atoms with van der Waals surface area (Å²) in [5.41, 5.74) is 0.624. The van der Waals surface area contributed by atoms with Crippen molar-refractivity contribution in [3.8, 4) is 5.75 Å². The molecule has 6 nitrogen and oxygen atoms in total. The summed E-state index contributed by atoms with van der Waals surface area (Å²) in [6, 6.07) is 7.73. The molecule has 1 heterocycles. The molecule has 0 aromatic heterocycles. The number of sulfonamides is 1. The molecule has 1 aliphatic rings. The number of halogens is 2. The molecule has 1 saturated heterocycles.